The van der Waals surface area contributed by atoms with Gasteiger partial charge in [-0.2, -0.15) is 0 Å². The van der Waals surface area contributed by atoms with Crippen molar-refractivity contribution >= 4 is 0 Å². The minimum Gasteiger partial charge on any atom is -0.497 e. The van der Waals surface area contributed by atoms with Crippen molar-refractivity contribution in [2.75, 3.05) is 21.3 Å². The van der Waals surface area contributed by atoms with Gasteiger partial charge in [-0.3, -0.25) is 0 Å². The van der Waals surface area contributed by atoms with Crippen molar-refractivity contribution < 1.29 is 19.3 Å². The predicted octanol–water partition coefficient (Wildman–Crippen LogP) is 1.92. The molecule has 0 unspecified atom stereocenters. The van der Waals surface area contributed by atoms with Crippen molar-refractivity contribution in [2.24, 2.45) is 0 Å². The van der Waals surface area contributed by atoms with E-state index in [-0.39, 0.29) is 0 Å². The van der Waals surface area contributed by atoms with Crippen molar-refractivity contribution in [3.8, 4) is 11.5 Å². The molecule has 1 aliphatic rings. The minimum absolute atomic E-state index is 0.464. The topological polar surface area (TPSA) is 47.9 Å². The molecule has 0 radical (unpaired) electrons. The molecule has 4 nitrogen and oxygen atoms in total. The Morgan fingerprint density at radius 2 is 1.78 bits per heavy atom. The van der Waals surface area contributed by atoms with E-state index in [1.54, 1.807) is 21.3 Å². The Balaban J connectivity index is 2.37. The van der Waals surface area contributed by atoms with E-state index >= 15 is 0 Å². The molecule has 0 amide bonds. The monoisotopic (exact) mass is 252 g/mol. The smallest absolute Gasteiger partial charge is 0.127 e. The summed E-state index contributed by atoms with van der Waals surface area (Å²) in [5.74, 6) is 1.56. The lowest BCUT2D eigenvalue weighted by molar-refractivity contribution is 0.149. The van der Waals surface area contributed by atoms with Gasteiger partial charge in [-0.25, -0.2) is 0 Å². The number of aliphatic hydroxyl groups is 1. The second kappa shape index (κ2) is 5.16. The van der Waals surface area contributed by atoms with Crippen LogP contribution >= 0.6 is 0 Å². The Kier molecular flexibility index (Phi) is 3.78. The average molecular weight is 252 g/mol. The van der Waals surface area contributed by atoms with E-state index in [1.165, 1.54) is 0 Å². The van der Waals surface area contributed by atoms with E-state index in [4.69, 9.17) is 14.2 Å². The first-order valence-electron chi connectivity index (χ1n) is 6.07. The van der Waals surface area contributed by atoms with Gasteiger partial charge in [0.05, 0.1) is 26.4 Å². The molecule has 0 atom stereocenters. The van der Waals surface area contributed by atoms with Crippen molar-refractivity contribution in [3.05, 3.63) is 23.3 Å². The number of rotatable bonds is 6. The third kappa shape index (κ3) is 2.76. The zero-order chi connectivity index (χ0) is 13.2. The van der Waals surface area contributed by atoms with Gasteiger partial charge in [-0.05, 0) is 25.0 Å². The Hall–Kier alpha value is -1.26. The Labute approximate surface area is 107 Å². The highest BCUT2D eigenvalue weighted by atomic mass is 16.5. The molecule has 1 fully saturated rings. The minimum atomic E-state index is -0.552. The first-order chi connectivity index (χ1) is 8.61. The fraction of sp³-hybridized carbons (Fsp3) is 0.571. The number of methoxy groups -OCH3 is 3. The summed E-state index contributed by atoms with van der Waals surface area (Å²) >= 11 is 0. The molecule has 1 aliphatic carbocycles. The van der Waals surface area contributed by atoms with Crippen LogP contribution in [0.3, 0.4) is 0 Å². The van der Waals surface area contributed by atoms with Crippen molar-refractivity contribution in [3.63, 3.8) is 0 Å². The molecule has 0 heterocycles. The molecule has 2 rings (SSSR count). The quantitative estimate of drug-likeness (QED) is 0.840. The molecular formula is C14H20O4. The van der Waals surface area contributed by atoms with Crippen LogP contribution in [0.15, 0.2) is 12.1 Å². The van der Waals surface area contributed by atoms with Crippen LogP contribution < -0.4 is 9.47 Å². The van der Waals surface area contributed by atoms with Crippen LogP contribution in [0.5, 0.6) is 11.5 Å². The van der Waals surface area contributed by atoms with Gasteiger partial charge < -0.3 is 19.3 Å². The average Bonchev–Trinajstić information content (AvgIpc) is 3.07. The van der Waals surface area contributed by atoms with Gasteiger partial charge in [0, 0.05) is 24.7 Å². The first-order valence-corrected chi connectivity index (χ1v) is 6.07. The molecule has 18 heavy (non-hydrogen) atoms. The van der Waals surface area contributed by atoms with E-state index < -0.39 is 5.60 Å². The standard InChI is InChI=1S/C14H20O4/c1-16-9-11-7-12(17-2)6-10(13(11)18-3)8-14(15)4-5-14/h6-7,15H,4-5,8-9H2,1-3H3. The number of hydrogen-bond acceptors (Lipinski definition) is 4. The van der Waals surface area contributed by atoms with Crippen molar-refractivity contribution in [1.82, 2.24) is 0 Å². The molecule has 0 saturated heterocycles. The van der Waals surface area contributed by atoms with E-state index in [0.717, 1.165) is 35.5 Å². The fourth-order valence-electron chi connectivity index (χ4n) is 2.17. The second-order valence-electron chi connectivity index (χ2n) is 4.81. The summed E-state index contributed by atoms with van der Waals surface area (Å²) in [7, 11) is 4.92. The highest BCUT2D eigenvalue weighted by Gasteiger charge is 2.41. The van der Waals surface area contributed by atoms with Crippen molar-refractivity contribution in [1.29, 1.82) is 0 Å². The maximum absolute atomic E-state index is 10.1. The number of hydrogen-bond donors (Lipinski definition) is 1. The van der Waals surface area contributed by atoms with Crippen LogP contribution in [-0.2, 0) is 17.8 Å². The Morgan fingerprint density at radius 3 is 2.28 bits per heavy atom. The van der Waals surface area contributed by atoms with Crippen LogP contribution in [0.1, 0.15) is 24.0 Å². The molecule has 100 valence electrons. The van der Waals surface area contributed by atoms with Crippen LogP contribution in [0.2, 0.25) is 0 Å². The maximum Gasteiger partial charge on any atom is 0.127 e. The van der Waals surface area contributed by atoms with Crippen LogP contribution in [0.25, 0.3) is 0 Å². The molecule has 0 bridgehead atoms. The third-order valence-corrected chi connectivity index (χ3v) is 3.30. The van der Waals surface area contributed by atoms with Gasteiger partial charge in [-0.1, -0.05) is 0 Å². The van der Waals surface area contributed by atoms with E-state index in [0.29, 0.717) is 13.0 Å². The van der Waals surface area contributed by atoms with Gasteiger partial charge in [0.25, 0.3) is 0 Å². The zero-order valence-electron chi connectivity index (χ0n) is 11.2. The lowest BCUT2D eigenvalue weighted by atomic mass is 10.0. The zero-order valence-corrected chi connectivity index (χ0v) is 11.2. The lowest BCUT2D eigenvalue weighted by Gasteiger charge is -2.17. The fourth-order valence-corrected chi connectivity index (χ4v) is 2.17. The molecule has 1 saturated carbocycles. The summed E-state index contributed by atoms with van der Waals surface area (Å²) in [6.07, 6.45) is 2.31. The van der Waals surface area contributed by atoms with Crippen LogP contribution in [0.4, 0.5) is 0 Å². The first kappa shape index (κ1) is 13.2. The molecule has 0 aliphatic heterocycles. The maximum atomic E-state index is 10.1. The molecule has 1 aromatic carbocycles. The summed E-state index contributed by atoms with van der Waals surface area (Å²) in [5.41, 5.74) is 1.37. The summed E-state index contributed by atoms with van der Waals surface area (Å²) in [6.45, 7) is 0.464. The number of benzene rings is 1. The van der Waals surface area contributed by atoms with Gasteiger partial charge in [-0.15, -0.1) is 0 Å². The molecule has 4 heteroatoms. The van der Waals surface area contributed by atoms with E-state index in [9.17, 15) is 5.11 Å². The highest BCUT2D eigenvalue weighted by molar-refractivity contribution is 5.48. The van der Waals surface area contributed by atoms with Gasteiger partial charge in [0.15, 0.2) is 0 Å². The Morgan fingerprint density at radius 1 is 1.11 bits per heavy atom. The predicted molar refractivity (Wildman–Crippen MR) is 68.1 cm³/mol. The molecule has 1 aromatic rings. The molecule has 1 N–H and O–H groups in total. The summed E-state index contributed by atoms with van der Waals surface area (Å²) in [6, 6.07) is 3.83. The molecule has 0 spiro atoms. The third-order valence-electron chi connectivity index (χ3n) is 3.30. The van der Waals surface area contributed by atoms with E-state index in [1.807, 2.05) is 12.1 Å². The SMILES string of the molecule is COCc1cc(OC)cc(CC2(O)CC2)c1OC. The number of ether oxygens (including phenoxy) is 3. The van der Waals surface area contributed by atoms with Gasteiger partial charge >= 0.3 is 0 Å². The van der Waals surface area contributed by atoms with Crippen molar-refractivity contribution in [2.45, 2.75) is 31.5 Å². The van der Waals surface area contributed by atoms with Crippen LogP contribution in [-0.4, -0.2) is 32.0 Å². The summed E-state index contributed by atoms with van der Waals surface area (Å²) in [5, 5.41) is 10.1. The molecular weight excluding hydrogens is 232 g/mol. The van der Waals surface area contributed by atoms with Gasteiger partial charge in [0.2, 0.25) is 0 Å². The highest BCUT2D eigenvalue weighted by Crippen LogP contribution is 2.42. The normalized spacial score (nSPS) is 16.4. The van der Waals surface area contributed by atoms with E-state index in [2.05, 4.69) is 0 Å². The summed E-state index contributed by atoms with van der Waals surface area (Å²) < 4.78 is 15.9. The second-order valence-corrected chi connectivity index (χ2v) is 4.81. The summed E-state index contributed by atoms with van der Waals surface area (Å²) in [4.78, 5) is 0. The largest absolute Gasteiger partial charge is 0.497 e. The van der Waals surface area contributed by atoms with Gasteiger partial charge in [0.1, 0.15) is 11.5 Å². The molecule has 0 aromatic heterocycles. The lowest BCUT2D eigenvalue weighted by Crippen LogP contribution is -2.12. The Bertz CT molecular complexity index is 424. The van der Waals surface area contributed by atoms with Crippen LogP contribution in [0, 0.1) is 0 Å².